The van der Waals surface area contributed by atoms with Crippen LogP contribution in [-0.2, 0) is 0 Å². The minimum Gasteiger partial charge on any atom is -0.490 e. The number of nitrogens with two attached hydrogens (primary N) is 1. The standard InChI is InChI=1S/C17H18N2O/c18-11-12-5-10-17(16-4-2-1-3-15(12)16)20-14-8-6-13(19)7-9-14/h1-5,10,13-14H,6-9,19H2. The lowest BCUT2D eigenvalue weighted by atomic mass is 9.93. The molecule has 20 heavy (non-hydrogen) atoms. The van der Waals surface area contributed by atoms with Crippen LogP contribution >= 0.6 is 0 Å². The van der Waals surface area contributed by atoms with Gasteiger partial charge in [-0.05, 0) is 37.8 Å². The van der Waals surface area contributed by atoms with Crippen molar-refractivity contribution in [1.29, 1.82) is 5.26 Å². The van der Waals surface area contributed by atoms with Crippen molar-refractivity contribution in [2.45, 2.75) is 37.8 Å². The maximum absolute atomic E-state index is 9.17. The molecule has 3 heteroatoms. The van der Waals surface area contributed by atoms with E-state index in [1.54, 1.807) is 0 Å². The van der Waals surface area contributed by atoms with Crippen LogP contribution in [0.1, 0.15) is 31.2 Å². The topological polar surface area (TPSA) is 59.0 Å². The van der Waals surface area contributed by atoms with Gasteiger partial charge in [-0.3, -0.25) is 0 Å². The number of hydrogen-bond donors (Lipinski definition) is 1. The Kier molecular flexibility index (Phi) is 3.58. The molecule has 0 radical (unpaired) electrons. The molecule has 1 aliphatic carbocycles. The van der Waals surface area contributed by atoms with Gasteiger partial charge in [0.2, 0.25) is 0 Å². The number of hydrogen-bond acceptors (Lipinski definition) is 3. The van der Waals surface area contributed by atoms with Crippen molar-refractivity contribution in [2.24, 2.45) is 5.73 Å². The van der Waals surface area contributed by atoms with Crippen LogP contribution in [0, 0.1) is 11.3 Å². The van der Waals surface area contributed by atoms with Gasteiger partial charge >= 0.3 is 0 Å². The second-order valence-corrected chi connectivity index (χ2v) is 5.42. The Bertz CT molecular complexity index is 652. The van der Waals surface area contributed by atoms with Crippen molar-refractivity contribution in [1.82, 2.24) is 0 Å². The number of fused-ring (bicyclic) bond motifs is 1. The fraction of sp³-hybridized carbons (Fsp3) is 0.353. The molecule has 0 aliphatic heterocycles. The fourth-order valence-electron chi connectivity index (χ4n) is 2.86. The van der Waals surface area contributed by atoms with Crippen LogP contribution in [-0.4, -0.2) is 12.1 Å². The molecule has 0 saturated heterocycles. The zero-order valence-electron chi connectivity index (χ0n) is 11.4. The van der Waals surface area contributed by atoms with Gasteiger partial charge in [-0.25, -0.2) is 0 Å². The molecule has 2 aromatic rings. The summed E-state index contributed by atoms with van der Waals surface area (Å²) in [5.41, 5.74) is 6.62. The van der Waals surface area contributed by atoms with Crippen molar-refractivity contribution < 1.29 is 4.74 Å². The zero-order chi connectivity index (χ0) is 13.9. The number of rotatable bonds is 2. The summed E-state index contributed by atoms with van der Waals surface area (Å²) in [6.45, 7) is 0. The molecule has 0 unspecified atom stereocenters. The molecular formula is C17H18N2O. The van der Waals surface area contributed by atoms with Crippen LogP contribution in [0.25, 0.3) is 10.8 Å². The molecular weight excluding hydrogens is 248 g/mol. The summed E-state index contributed by atoms with van der Waals surface area (Å²) >= 11 is 0. The van der Waals surface area contributed by atoms with Gasteiger partial charge in [-0.1, -0.05) is 24.3 Å². The van der Waals surface area contributed by atoms with Gasteiger partial charge < -0.3 is 10.5 Å². The summed E-state index contributed by atoms with van der Waals surface area (Å²) in [7, 11) is 0. The predicted octanol–water partition coefficient (Wildman–Crippen LogP) is 3.36. The van der Waals surface area contributed by atoms with Gasteiger partial charge in [-0.2, -0.15) is 5.26 Å². The Morgan fingerprint density at radius 2 is 1.70 bits per heavy atom. The van der Waals surface area contributed by atoms with Crippen LogP contribution in [0.2, 0.25) is 0 Å². The quantitative estimate of drug-likeness (QED) is 0.906. The van der Waals surface area contributed by atoms with Crippen LogP contribution in [0.15, 0.2) is 36.4 Å². The molecule has 0 spiro atoms. The molecule has 0 heterocycles. The lowest BCUT2D eigenvalue weighted by Gasteiger charge is -2.27. The highest BCUT2D eigenvalue weighted by atomic mass is 16.5. The summed E-state index contributed by atoms with van der Waals surface area (Å²) in [6.07, 6.45) is 4.31. The first-order valence-corrected chi connectivity index (χ1v) is 7.12. The molecule has 0 aromatic heterocycles. The van der Waals surface area contributed by atoms with Crippen molar-refractivity contribution in [3.63, 3.8) is 0 Å². The van der Waals surface area contributed by atoms with Gasteiger partial charge in [-0.15, -0.1) is 0 Å². The van der Waals surface area contributed by atoms with Crippen LogP contribution in [0.4, 0.5) is 0 Å². The van der Waals surface area contributed by atoms with E-state index in [-0.39, 0.29) is 6.10 Å². The van der Waals surface area contributed by atoms with Crippen molar-refractivity contribution in [3.05, 3.63) is 42.0 Å². The van der Waals surface area contributed by atoms with E-state index < -0.39 is 0 Å². The number of ether oxygens (including phenoxy) is 1. The van der Waals surface area contributed by atoms with Gasteiger partial charge in [0, 0.05) is 16.8 Å². The van der Waals surface area contributed by atoms with Gasteiger partial charge in [0.05, 0.1) is 17.7 Å². The summed E-state index contributed by atoms with van der Waals surface area (Å²) in [4.78, 5) is 0. The third-order valence-corrected chi connectivity index (χ3v) is 4.02. The van der Waals surface area contributed by atoms with Crippen molar-refractivity contribution in [3.8, 4) is 11.8 Å². The van der Waals surface area contributed by atoms with Crippen LogP contribution < -0.4 is 10.5 Å². The SMILES string of the molecule is N#Cc1ccc(OC2CCC(N)CC2)c2ccccc12. The summed E-state index contributed by atoms with van der Waals surface area (Å²) in [5, 5.41) is 11.1. The minimum absolute atomic E-state index is 0.242. The number of benzene rings is 2. The van der Waals surface area contributed by atoms with Crippen molar-refractivity contribution in [2.75, 3.05) is 0 Å². The van der Waals surface area contributed by atoms with E-state index in [1.165, 1.54) is 0 Å². The lowest BCUT2D eigenvalue weighted by Crippen LogP contribution is -2.31. The summed E-state index contributed by atoms with van der Waals surface area (Å²) in [6, 6.07) is 14.2. The molecule has 0 amide bonds. The molecule has 2 aromatic carbocycles. The molecule has 1 fully saturated rings. The highest BCUT2D eigenvalue weighted by Crippen LogP contribution is 2.31. The molecule has 2 N–H and O–H groups in total. The zero-order valence-corrected chi connectivity index (χ0v) is 11.4. The second-order valence-electron chi connectivity index (χ2n) is 5.42. The normalized spacial score (nSPS) is 22.4. The predicted molar refractivity (Wildman–Crippen MR) is 79.5 cm³/mol. The van der Waals surface area contributed by atoms with E-state index in [4.69, 9.17) is 10.5 Å². The van der Waals surface area contributed by atoms with E-state index in [9.17, 15) is 5.26 Å². The molecule has 0 atom stereocenters. The average Bonchev–Trinajstić information content (AvgIpc) is 2.50. The van der Waals surface area contributed by atoms with Crippen LogP contribution in [0.5, 0.6) is 5.75 Å². The van der Waals surface area contributed by atoms with Gasteiger partial charge in [0.1, 0.15) is 5.75 Å². The Balaban J connectivity index is 1.91. The Morgan fingerprint density at radius 3 is 2.40 bits per heavy atom. The Morgan fingerprint density at radius 1 is 1.00 bits per heavy atom. The van der Waals surface area contributed by atoms with E-state index in [2.05, 4.69) is 6.07 Å². The highest BCUT2D eigenvalue weighted by Gasteiger charge is 2.20. The Hall–Kier alpha value is -2.05. The summed E-state index contributed by atoms with van der Waals surface area (Å²) < 4.78 is 6.15. The number of nitrogens with zero attached hydrogens (tertiary/aromatic N) is 1. The summed E-state index contributed by atoms with van der Waals surface area (Å²) in [5.74, 6) is 0.875. The molecule has 1 aliphatic rings. The molecule has 3 rings (SSSR count). The molecule has 1 saturated carbocycles. The second kappa shape index (κ2) is 5.52. The monoisotopic (exact) mass is 266 g/mol. The highest BCUT2D eigenvalue weighted by molar-refractivity contribution is 5.92. The van der Waals surface area contributed by atoms with E-state index in [0.717, 1.165) is 42.2 Å². The van der Waals surface area contributed by atoms with E-state index >= 15 is 0 Å². The molecule has 3 nitrogen and oxygen atoms in total. The van der Waals surface area contributed by atoms with Gasteiger partial charge in [0.25, 0.3) is 0 Å². The first kappa shape index (κ1) is 13.0. The third-order valence-electron chi connectivity index (χ3n) is 4.02. The first-order chi connectivity index (χ1) is 9.78. The van der Waals surface area contributed by atoms with Crippen molar-refractivity contribution >= 4 is 10.8 Å². The third kappa shape index (κ3) is 2.48. The number of nitriles is 1. The smallest absolute Gasteiger partial charge is 0.127 e. The fourth-order valence-corrected chi connectivity index (χ4v) is 2.86. The maximum atomic E-state index is 9.17. The molecule has 0 bridgehead atoms. The lowest BCUT2D eigenvalue weighted by molar-refractivity contribution is 0.149. The van der Waals surface area contributed by atoms with Gasteiger partial charge in [0.15, 0.2) is 0 Å². The van der Waals surface area contributed by atoms with E-state index in [1.807, 2.05) is 36.4 Å². The average molecular weight is 266 g/mol. The largest absolute Gasteiger partial charge is 0.490 e. The first-order valence-electron chi connectivity index (χ1n) is 7.12. The maximum Gasteiger partial charge on any atom is 0.127 e. The minimum atomic E-state index is 0.242. The van der Waals surface area contributed by atoms with Crippen LogP contribution in [0.3, 0.4) is 0 Å². The van der Waals surface area contributed by atoms with E-state index in [0.29, 0.717) is 11.6 Å². The Labute approximate surface area is 119 Å². The molecule has 102 valence electrons.